The van der Waals surface area contributed by atoms with Crippen molar-refractivity contribution in [3.05, 3.63) is 33.3 Å². The summed E-state index contributed by atoms with van der Waals surface area (Å²) in [4.78, 5) is 0. The van der Waals surface area contributed by atoms with Crippen molar-refractivity contribution in [2.24, 2.45) is 0 Å². The molecule has 0 heterocycles. The van der Waals surface area contributed by atoms with E-state index in [9.17, 15) is 13.2 Å². The van der Waals surface area contributed by atoms with Crippen molar-refractivity contribution in [1.82, 2.24) is 0 Å². The van der Waals surface area contributed by atoms with Crippen LogP contribution in [0.4, 0.5) is 13.2 Å². The number of hydrogen-bond donors (Lipinski definition) is 0. The number of rotatable bonds is 2. The molecular weight excluding hydrogens is 248 g/mol. The van der Waals surface area contributed by atoms with Crippen molar-refractivity contribution in [3.8, 4) is 0 Å². The fourth-order valence-electron chi connectivity index (χ4n) is 1.28. The number of halogens is 5. The van der Waals surface area contributed by atoms with Crippen LogP contribution in [0.3, 0.4) is 0 Å². The van der Waals surface area contributed by atoms with Crippen LogP contribution in [0.1, 0.15) is 24.5 Å². The van der Waals surface area contributed by atoms with Crippen molar-refractivity contribution < 1.29 is 13.2 Å². The summed E-state index contributed by atoms with van der Waals surface area (Å²) in [6.45, 7) is 1.88. The highest BCUT2D eigenvalue weighted by Crippen LogP contribution is 2.39. The molecule has 1 rings (SSSR count). The molecule has 0 fully saturated rings. The largest absolute Gasteiger partial charge is 0.417 e. The molecule has 5 heteroatoms. The van der Waals surface area contributed by atoms with Gasteiger partial charge in [-0.2, -0.15) is 13.2 Å². The predicted molar refractivity (Wildman–Crippen MR) is 55.5 cm³/mol. The van der Waals surface area contributed by atoms with E-state index in [4.69, 9.17) is 23.2 Å². The molecule has 15 heavy (non-hydrogen) atoms. The van der Waals surface area contributed by atoms with E-state index >= 15 is 0 Å². The van der Waals surface area contributed by atoms with Gasteiger partial charge in [0.25, 0.3) is 0 Å². The number of aryl methyl sites for hydroxylation is 1. The van der Waals surface area contributed by atoms with Gasteiger partial charge in [0.05, 0.1) is 15.6 Å². The van der Waals surface area contributed by atoms with Gasteiger partial charge in [-0.05, 0) is 24.1 Å². The molecule has 0 amide bonds. The van der Waals surface area contributed by atoms with Gasteiger partial charge in [-0.15, -0.1) is 0 Å². The van der Waals surface area contributed by atoms with Crippen molar-refractivity contribution in [1.29, 1.82) is 0 Å². The summed E-state index contributed by atoms with van der Waals surface area (Å²) in [7, 11) is 0. The second-order valence-corrected chi connectivity index (χ2v) is 3.97. The maximum Gasteiger partial charge on any atom is 0.417 e. The molecule has 0 nitrogen and oxygen atoms in total. The Hall–Kier alpha value is -0.410. The minimum atomic E-state index is -4.45. The van der Waals surface area contributed by atoms with Gasteiger partial charge < -0.3 is 0 Å². The maximum absolute atomic E-state index is 12.5. The molecule has 1 aromatic rings. The van der Waals surface area contributed by atoms with Crippen molar-refractivity contribution in [2.75, 3.05) is 0 Å². The van der Waals surface area contributed by atoms with Gasteiger partial charge in [0.15, 0.2) is 0 Å². The Labute approximate surface area is 96.0 Å². The molecule has 0 radical (unpaired) electrons. The quantitative estimate of drug-likeness (QED) is 0.702. The molecular formula is C10H9Cl2F3. The Kier molecular flexibility index (Phi) is 3.90. The number of benzene rings is 1. The molecule has 0 aliphatic carbocycles. The molecule has 0 aromatic heterocycles. The highest BCUT2D eigenvalue weighted by atomic mass is 35.5. The van der Waals surface area contributed by atoms with Crippen molar-refractivity contribution in [3.63, 3.8) is 0 Å². The summed E-state index contributed by atoms with van der Waals surface area (Å²) < 4.78 is 37.5. The molecule has 0 saturated heterocycles. The fraction of sp³-hybridized carbons (Fsp3) is 0.400. The highest BCUT2D eigenvalue weighted by molar-refractivity contribution is 6.42. The van der Waals surface area contributed by atoms with Crippen LogP contribution in [-0.2, 0) is 12.6 Å². The van der Waals surface area contributed by atoms with E-state index in [0.29, 0.717) is 12.0 Å². The summed E-state index contributed by atoms with van der Waals surface area (Å²) in [5, 5.41) is -0.473. The van der Waals surface area contributed by atoms with Gasteiger partial charge in [0.1, 0.15) is 0 Å². The predicted octanol–water partition coefficient (Wildman–Crippen LogP) is 4.96. The van der Waals surface area contributed by atoms with Crippen LogP contribution in [0.5, 0.6) is 0 Å². The Morgan fingerprint density at radius 1 is 1.20 bits per heavy atom. The van der Waals surface area contributed by atoms with Crippen LogP contribution in [0.15, 0.2) is 12.1 Å². The van der Waals surface area contributed by atoms with Crippen molar-refractivity contribution in [2.45, 2.75) is 25.9 Å². The smallest absolute Gasteiger partial charge is 0.166 e. The summed E-state index contributed by atoms with van der Waals surface area (Å²) >= 11 is 11.1. The minimum absolute atomic E-state index is 0.0464. The third-order valence-corrected chi connectivity index (χ3v) is 2.73. The van der Waals surface area contributed by atoms with Gasteiger partial charge >= 0.3 is 6.18 Å². The lowest BCUT2D eigenvalue weighted by Gasteiger charge is -2.12. The molecule has 0 spiro atoms. The summed E-state index contributed by atoms with van der Waals surface area (Å²) in [6.07, 6.45) is -3.14. The molecule has 0 aliphatic heterocycles. The SMILES string of the molecule is CCCc1cc(Cl)c(Cl)c(C(F)(F)F)c1. The lowest BCUT2D eigenvalue weighted by atomic mass is 10.1. The van der Waals surface area contributed by atoms with E-state index in [-0.39, 0.29) is 5.02 Å². The lowest BCUT2D eigenvalue weighted by molar-refractivity contribution is -0.137. The summed E-state index contributed by atoms with van der Waals surface area (Å²) in [5.74, 6) is 0. The first kappa shape index (κ1) is 12.7. The Balaban J connectivity index is 3.25. The van der Waals surface area contributed by atoms with Gasteiger partial charge in [-0.3, -0.25) is 0 Å². The van der Waals surface area contributed by atoms with E-state index in [1.165, 1.54) is 6.07 Å². The van der Waals surface area contributed by atoms with E-state index in [1.54, 1.807) is 0 Å². The zero-order valence-electron chi connectivity index (χ0n) is 7.96. The van der Waals surface area contributed by atoms with Crippen LogP contribution in [0, 0.1) is 0 Å². The van der Waals surface area contributed by atoms with Crippen LogP contribution >= 0.6 is 23.2 Å². The van der Waals surface area contributed by atoms with E-state index in [0.717, 1.165) is 12.5 Å². The third kappa shape index (κ3) is 3.02. The maximum atomic E-state index is 12.5. The second-order valence-electron chi connectivity index (χ2n) is 3.19. The average molecular weight is 257 g/mol. The lowest BCUT2D eigenvalue weighted by Crippen LogP contribution is -2.07. The third-order valence-electron chi connectivity index (χ3n) is 1.93. The molecule has 0 unspecified atom stereocenters. The van der Waals surface area contributed by atoms with Crippen LogP contribution < -0.4 is 0 Å². The van der Waals surface area contributed by atoms with Gasteiger partial charge in [0.2, 0.25) is 0 Å². The molecule has 0 bridgehead atoms. The second kappa shape index (κ2) is 4.62. The zero-order chi connectivity index (χ0) is 11.6. The topological polar surface area (TPSA) is 0 Å². The molecule has 0 aliphatic rings. The minimum Gasteiger partial charge on any atom is -0.166 e. The van der Waals surface area contributed by atoms with Gasteiger partial charge in [-0.1, -0.05) is 36.5 Å². The molecule has 1 aromatic carbocycles. The summed E-state index contributed by atoms with van der Waals surface area (Å²) in [6, 6.07) is 2.53. The van der Waals surface area contributed by atoms with E-state index < -0.39 is 16.8 Å². The number of alkyl halides is 3. The molecule has 84 valence electrons. The standard InChI is InChI=1S/C10H9Cl2F3/c1-2-3-6-4-7(10(13,14)15)9(12)8(11)5-6/h4-5H,2-3H2,1H3. The molecule has 0 saturated carbocycles. The summed E-state index contributed by atoms with van der Waals surface area (Å²) in [5.41, 5.74) is -0.306. The first-order valence-corrected chi connectivity index (χ1v) is 5.17. The fourth-order valence-corrected chi connectivity index (χ4v) is 1.74. The first-order valence-electron chi connectivity index (χ1n) is 4.41. The van der Waals surface area contributed by atoms with Crippen LogP contribution in [-0.4, -0.2) is 0 Å². The zero-order valence-corrected chi connectivity index (χ0v) is 9.47. The Bertz CT molecular complexity index is 358. The Morgan fingerprint density at radius 2 is 1.80 bits per heavy atom. The monoisotopic (exact) mass is 256 g/mol. The van der Waals surface area contributed by atoms with Crippen LogP contribution in [0.25, 0.3) is 0 Å². The highest BCUT2D eigenvalue weighted by Gasteiger charge is 2.34. The number of hydrogen-bond acceptors (Lipinski definition) is 0. The molecule has 0 N–H and O–H groups in total. The van der Waals surface area contributed by atoms with Crippen molar-refractivity contribution >= 4 is 23.2 Å². The normalized spacial score (nSPS) is 11.9. The van der Waals surface area contributed by atoms with Gasteiger partial charge in [0, 0.05) is 0 Å². The van der Waals surface area contributed by atoms with E-state index in [2.05, 4.69) is 0 Å². The molecule has 0 atom stereocenters. The average Bonchev–Trinajstić information content (AvgIpc) is 2.09. The Morgan fingerprint density at radius 3 is 2.27 bits per heavy atom. The van der Waals surface area contributed by atoms with Gasteiger partial charge in [-0.25, -0.2) is 0 Å². The first-order chi connectivity index (χ1) is 6.86. The van der Waals surface area contributed by atoms with Crippen LogP contribution in [0.2, 0.25) is 10.0 Å². The van der Waals surface area contributed by atoms with E-state index in [1.807, 2.05) is 6.92 Å².